The van der Waals surface area contributed by atoms with Gasteiger partial charge in [-0.15, -0.1) is 12.2 Å². The molecule has 0 saturated carbocycles. The van der Waals surface area contributed by atoms with Gasteiger partial charge in [0.05, 0.1) is 0 Å². The van der Waals surface area contributed by atoms with E-state index in [0.29, 0.717) is 0 Å². The molecule has 0 aromatic carbocycles. The van der Waals surface area contributed by atoms with Crippen molar-refractivity contribution in [3.05, 3.63) is 35.5 Å². The molecule has 0 atom stereocenters. The Hall–Kier alpha value is -0.274. The fourth-order valence-corrected chi connectivity index (χ4v) is 2.53. The van der Waals surface area contributed by atoms with Crippen LogP contribution in [0.15, 0.2) is 29.4 Å². The van der Waals surface area contributed by atoms with Crippen LogP contribution in [-0.2, 0) is 16.8 Å². The topological polar surface area (TPSA) is 0 Å². The monoisotopic (exact) mass is 274 g/mol. The fraction of sp³-hybridized carbons (Fsp3) is 0.625. The largest absolute Gasteiger partial charge is 0.201 e. The van der Waals surface area contributed by atoms with Gasteiger partial charge in [-0.3, -0.25) is 0 Å². The molecule has 0 heterocycles. The molecule has 0 aromatic heterocycles. The Morgan fingerprint density at radius 3 is 2.65 bits per heavy atom. The standard InChI is InChI=1S/C16H23.Co/c1-3-7-11-15(12-8-4-1)16-13-9-5-2-6-10-14-16;/h7,11,13H,1-6,8-10,14H2;/q-1;. The Morgan fingerprint density at radius 1 is 0.882 bits per heavy atom. The van der Waals surface area contributed by atoms with Crippen LogP contribution >= 0.6 is 0 Å². The molecule has 0 fully saturated rings. The molecule has 2 rings (SSSR count). The van der Waals surface area contributed by atoms with Gasteiger partial charge in [-0.1, -0.05) is 51.4 Å². The van der Waals surface area contributed by atoms with E-state index in [2.05, 4.69) is 24.3 Å². The van der Waals surface area contributed by atoms with Crippen molar-refractivity contribution in [2.24, 2.45) is 0 Å². The van der Waals surface area contributed by atoms with E-state index >= 15 is 0 Å². The van der Waals surface area contributed by atoms with E-state index in [1.165, 1.54) is 63.4 Å². The van der Waals surface area contributed by atoms with Crippen molar-refractivity contribution in [1.82, 2.24) is 0 Å². The third kappa shape index (κ3) is 5.26. The van der Waals surface area contributed by atoms with Crippen molar-refractivity contribution in [3.8, 4) is 0 Å². The normalized spacial score (nSPS) is 22.1. The summed E-state index contributed by atoms with van der Waals surface area (Å²) in [4.78, 5) is 0. The molecule has 0 nitrogen and oxygen atoms in total. The number of allylic oxidation sites excluding steroid dienone is 6. The van der Waals surface area contributed by atoms with Gasteiger partial charge in [0.25, 0.3) is 0 Å². The van der Waals surface area contributed by atoms with E-state index in [1.807, 2.05) is 0 Å². The van der Waals surface area contributed by atoms with E-state index in [0.717, 1.165) is 6.42 Å². The van der Waals surface area contributed by atoms with Crippen molar-refractivity contribution >= 4 is 0 Å². The maximum absolute atomic E-state index is 3.60. The van der Waals surface area contributed by atoms with Crippen LogP contribution in [0.5, 0.6) is 0 Å². The Labute approximate surface area is 116 Å². The van der Waals surface area contributed by atoms with Gasteiger partial charge in [-0.2, -0.15) is 17.2 Å². The van der Waals surface area contributed by atoms with Crippen LogP contribution in [0.25, 0.3) is 0 Å². The van der Waals surface area contributed by atoms with Crippen LogP contribution in [0, 0.1) is 6.08 Å². The first-order valence-corrected chi connectivity index (χ1v) is 6.93. The minimum atomic E-state index is 0. The summed E-state index contributed by atoms with van der Waals surface area (Å²) in [7, 11) is 0. The van der Waals surface area contributed by atoms with E-state index in [4.69, 9.17) is 0 Å². The van der Waals surface area contributed by atoms with Crippen LogP contribution in [0.1, 0.15) is 64.2 Å². The summed E-state index contributed by atoms with van der Waals surface area (Å²) < 4.78 is 0. The smallest absolute Gasteiger partial charge is 0 e. The predicted octanol–water partition coefficient (Wildman–Crippen LogP) is 5.12. The molecule has 2 aliphatic carbocycles. The number of hydrogen-bond acceptors (Lipinski definition) is 0. The van der Waals surface area contributed by atoms with Crippen molar-refractivity contribution in [1.29, 1.82) is 0 Å². The fourth-order valence-electron chi connectivity index (χ4n) is 2.53. The molecule has 0 N–H and O–H groups in total. The molecule has 1 radical (unpaired) electrons. The van der Waals surface area contributed by atoms with Crippen LogP contribution in [0.4, 0.5) is 0 Å². The van der Waals surface area contributed by atoms with E-state index in [-0.39, 0.29) is 16.8 Å². The molecule has 0 aromatic rings. The zero-order valence-electron chi connectivity index (χ0n) is 10.6. The summed E-state index contributed by atoms with van der Waals surface area (Å²) in [5.41, 5.74) is 2.97. The third-order valence-electron chi connectivity index (χ3n) is 3.53. The summed E-state index contributed by atoms with van der Waals surface area (Å²) in [5, 5.41) is 0. The predicted molar refractivity (Wildman–Crippen MR) is 70.1 cm³/mol. The van der Waals surface area contributed by atoms with Crippen molar-refractivity contribution < 1.29 is 16.8 Å². The molecule has 0 amide bonds. The Balaban J connectivity index is 0.00000144. The van der Waals surface area contributed by atoms with Crippen LogP contribution < -0.4 is 0 Å². The summed E-state index contributed by atoms with van der Waals surface area (Å²) in [6, 6.07) is 0. The first-order chi connectivity index (χ1) is 7.97. The van der Waals surface area contributed by atoms with E-state index in [1.54, 1.807) is 5.57 Å². The molecule has 2 aliphatic rings. The summed E-state index contributed by atoms with van der Waals surface area (Å²) in [5.74, 6) is 0. The molecule has 0 saturated heterocycles. The average Bonchev–Trinajstić information content (AvgIpc) is 2.18. The minimum Gasteiger partial charge on any atom is -0.201 e. The molecular formula is C16H23Co-. The van der Waals surface area contributed by atoms with Gasteiger partial charge in [0.1, 0.15) is 0 Å². The molecule has 97 valence electrons. The molecule has 0 aliphatic heterocycles. The second-order valence-electron chi connectivity index (χ2n) is 4.92. The first kappa shape index (κ1) is 14.8. The zero-order valence-corrected chi connectivity index (χ0v) is 11.7. The summed E-state index contributed by atoms with van der Waals surface area (Å²) in [6.07, 6.45) is 23.9. The molecule has 17 heavy (non-hydrogen) atoms. The molecule has 0 spiro atoms. The summed E-state index contributed by atoms with van der Waals surface area (Å²) in [6.45, 7) is 0. The molecule has 0 bridgehead atoms. The van der Waals surface area contributed by atoms with Crippen molar-refractivity contribution in [2.45, 2.75) is 64.2 Å². The molecule has 1 heteroatoms. The Morgan fingerprint density at radius 2 is 1.71 bits per heavy atom. The van der Waals surface area contributed by atoms with Gasteiger partial charge in [0.15, 0.2) is 0 Å². The maximum Gasteiger partial charge on any atom is 0 e. The van der Waals surface area contributed by atoms with Gasteiger partial charge in [-0.05, 0) is 12.8 Å². The molecular weight excluding hydrogens is 251 g/mol. The van der Waals surface area contributed by atoms with Crippen LogP contribution in [0.2, 0.25) is 0 Å². The maximum atomic E-state index is 3.60. The average molecular weight is 274 g/mol. The summed E-state index contributed by atoms with van der Waals surface area (Å²) >= 11 is 0. The van der Waals surface area contributed by atoms with Crippen molar-refractivity contribution in [2.75, 3.05) is 0 Å². The first-order valence-electron chi connectivity index (χ1n) is 6.93. The van der Waals surface area contributed by atoms with Gasteiger partial charge in [-0.25, -0.2) is 6.08 Å². The Bertz CT molecular complexity index is 297. The van der Waals surface area contributed by atoms with Gasteiger partial charge >= 0.3 is 0 Å². The zero-order chi connectivity index (χ0) is 11.1. The number of hydrogen-bond donors (Lipinski definition) is 0. The number of rotatable bonds is 1. The van der Waals surface area contributed by atoms with Gasteiger partial charge in [0.2, 0.25) is 0 Å². The van der Waals surface area contributed by atoms with E-state index < -0.39 is 0 Å². The van der Waals surface area contributed by atoms with E-state index in [9.17, 15) is 0 Å². The van der Waals surface area contributed by atoms with Crippen LogP contribution in [0.3, 0.4) is 0 Å². The Kier molecular flexibility index (Phi) is 7.62. The van der Waals surface area contributed by atoms with Crippen molar-refractivity contribution in [3.63, 3.8) is 0 Å². The second kappa shape index (κ2) is 8.76. The van der Waals surface area contributed by atoms with Gasteiger partial charge in [0, 0.05) is 16.8 Å². The third-order valence-corrected chi connectivity index (χ3v) is 3.53. The quantitative estimate of drug-likeness (QED) is 0.582. The van der Waals surface area contributed by atoms with Crippen LogP contribution in [-0.4, -0.2) is 0 Å². The molecule has 0 unspecified atom stereocenters. The SMILES string of the molecule is [C-]1=C(C2=CCCCCCC2)C=CCCCC1.[Co]. The second-order valence-corrected chi connectivity index (χ2v) is 4.92. The minimum absolute atomic E-state index is 0. The van der Waals surface area contributed by atoms with Gasteiger partial charge < -0.3 is 0 Å².